The van der Waals surface area contributed by atoms with Gasteiger partial charge in [-0.2, -0.15) is 0 Å². The maximum atomic E-state index is 5.28. The molecule has 0 saturated heterocycles. The summed E-state index contributed by atoms with van der Waals surface area (Å²) in [5.41, 5.74) is 0. The first-order valence-electron chi connectivity index (χ1n) is 6.92. The second-order valence-electron chi connectivity index (χ2n) is 4.38. The molecule has 0 atom stereocenters. The molecule has 0 aliphatic carbocycles. The van der Waals surface area contributed by atoms with E-state index < -0.39 is 0 Å². The Labute approximate surface area is 102 Å². The molecule has 16 heavy (non-hydrogen) atoms. The fourth-order valence-corrected chi connectivity index (χ4v) is 1.74. The van der Waals surface area contributed by atoms with Gasteiger partial charge in [-0.1, -0.05) is 64.4 Å². The molecule has 0 spiro atoms. The van der Waals surface area contributed by atoms with Crippen LogP contribution in [0.1, 0.15) is 64.7 Å². The van der Waals surface area contributed by atoms with Gasteiger partial charge in [0.2, 0.25) is 0 Å². The largest absolute Gasteiger partial charge is 0.377 e. The molecule has 0 saturated carbocycles. The molecule has 95 valence electrons. The van der Waals surface area contributed by atoms with Crippen LogP contribution in [0.15, 0.2) is 12.7 Å². The van der Waals surface area contributed by atoms with Crippen molar-refractivity contribution in [3.8, 4) is 0 Å². The van der Waals surface area contributed by atoms with Crippen LogP contribution in [-0.4, -0.2) is 13.2 Å². The van der Waals surface area contributed by atoms with Gasteiger partial charge in [0.25, 0.3) is 0 Å². The molecule has 0 aromatic heterocycles. The summed E-state index contributed by atoms with van der Waals surface area (Å²) in [6.45, 7) is 7.33. The molecule has 1 nitrogen and oxygen atoms in total. The highest BCUT2D eigenvalue weighted by molar-refractivity contribution is 4.67. The third-order valence-electron chi connectivity index (χ3n) is 2.73. The summed E-state index contributed by atoms with van der Waals surface area (Å²) >= 11 is 0. The van der Waals surface area contributed by atoms with E-state index in [1.807, 2.05) is 0 Å². The van der Waals surface area contributed by atoms with Crippen LogP contribution in [0.2, 0.25) is 0 Å². The Balaban J connectivity index is 2.85. The van der Waals surface area contributed by atoms with Crippen molar-refractivity contribution in [2.45, 2.75) is 64.7 Å². The van der Waals surface area contributed by atoms with Gasteiger partial charge in [-0.25, -0.2) is 0 Å². The minimum absolute atomic E-state index is 0.675. The third-order valence-corrected chi connectivity index (χ3v) is 2.73. The lowest BCUT2D eigenvalue weighted by molar-refractivity contribution is 0.182. The molecular weight excluding hydrogens is 196 g/mol. The van der Waals surface area contributed by atoms with Crippen molar-refractivity contribution in [3.05, 3.63) is 19.1 Å². The summed E-state index contributed by atoms with van der Waals surface area (Å²) in [4.78, 5) is 0. The highest BCUT2D eigenvalue weighted by Crippen LogP contribution is 2.10. The van der Waals surface area contributed by atoms with Crippen LogP contribution in [0.3, 0.4) is 0 Å². The molecule has 0 bridgehead atoms. The first-order chi connectivity index (χ1) is 7.91. The van der Waals surface area contributed by atoms with E-state index in [9.17, 15) is 0 Å². The van der Waals surface area contributed by atoms with E-state index in [1.54, 1.807) is 6.08 Å². The summed E-state index contributed by atoms with van der Waals surface area (Å²) in [5.74, 6) is 0. The molecule has 0 aliphatic rings. The lowest BCUT2D eigenvalue weighted by Gasteiger charge is -2.02. The van der Waals surface area contributed by atoms with Gasteiger partial charge >= 0.3 is 0 Å². The maximum absolute atomic E-state index is 5.28. The minimum atomic E-state index is 0.675. The van der Waals surface area contributed by atoms with Gasteiger partial charge in [0, 0.05) is 0 Å². The Morgan fingerprint density at radius 3 is 2.12 bits per heavy atom. The Bertz CT molecular complexity index is 131. The number of rotatable bonds is 13. The van der Waals surface area contributed by atoms with Gasteiger partial charge < -0.3 is 4.74 Å². The lowest BCUT2D eigenvalue weighted by atomic mass is 10.1. The predicted molar refractivity (Wildman–Crippen MR) is 72.5 cm³/mol. The standard InChI is InChI=1S/C15H29O/c1-3-5-6-7-8-9-10-11-12-13-15-16-14-4-2/h4,13H,2-3,5-12,14-15H2,1H3. The van der Waals surface area contributed by atoms with Crippen LogP contribution >= 0.6 is 0 Å². The lowest BCUT2D eigenvalue weighted by Crippen LogP contribution is -1.94. The Kier molecular flexibility index (Phi) is 14.4. The van der Waals surface area contributed by atoms with Crippen molar-refractivity contribution in [1.29, 1.82) is 0 Å². The van der Waals surface area contributed by atoms with Crippen molar-refractivity contribution in [1.82, 2.24) is 0 Å². The quantitative estimate of drug-likeness (QED) is 0.319. The smallest absolute Gasteiger partial charge is 0.0644 e. The van der Waals surface area contributed by atoms with Gasteiger partial charge in [0.1, 0.15) is 0 Å². The SMILES string of the molecule is C=CCOC[CH]CCCCCCCCCC. The first-order valence-corrected chi connectivity index (χ1v) is 6.92. The van der Waals surface area contributed by atoms with Gasteiger partial charge in [0.05, 0.1) is 13.2 Å². The molecule has 1 radical (unpaired) electrons. The molecule has 0 fully saturated rings. The van der Waals surface area contributed by atoms with Gasteiger partial charge in [0.15, 0.2) is 0 Å². The Morgan fingerprint density at radius 2 is 1.50 bits per heavy atom. The van der Waals surface area contributed by atoms with Crippen LogP contribution < -0.4 is 0 Å². The Morgan fingerprint density at radius 1 is 0.875 bits per heavy atom. The summed E-state index contributed by atoms with van der Waals surface area (Å²) < 4.78 is 5.28. The average molecular weight is 225 g/mol. The molecule has 0 aliphatic heterocycles. The molecule has 0 aromatic rings. The van der Waals surface area contributed by atoms with Crippen molar-refractivity contribution >= 4 is 0 Å². The van der Waals surface area contributed by atoms with E-state index in [-0.39, 0.29) is 0 Å². The van der Waals surface area contributed by atoms with Crippen LogP contribution in [0.25, 0.3) is 0 Å². The zero-order valence-electron chi connectivity index (χ0n) is 11.0. The molecule has 0 rings (SSSR count). The minimum Gasteiger partial charge on any atom is -0.377 e. The summed E-state index contributed by atoms with van der Waals surface area (Å²) in [5, 5.41) is 0. The molecular formula is C15H29O. The summed E-state index contributed by atoms with van der Waals surface area (Å²) in [7, 11) is 0. The van der Waals surface area contributed by atoms with Crippen molar-refractivity contribution in [2.75, 3.05) is 13.2 Å². The normalized spacial score (nSPS) is 10.6. The Hall–Kier alpha value is -0.300. The number of hydrogen-bond acceptors (Lipinski definition) is 1. The predicted octanol–water partition coefficient (Wildman–Crippen LogP) is 4.92. The fourth-order valence-electron chi connectivity index (χ4n) is 1.74. The number of ether oxygens (including phenoxy) is 1. The maximum Gasteiger partial charge on any atom is 0.0644 e. The van der Waals surface area contributed by atoms with Gasteiger partial charge in [-0.05, 0) is 12.8 Å². The molecule has 0 amide bonds. The fraction of sp³-hybridized carbons (Fsp3) is 0.800. The third kappa shape index (κ3) is 13.7. The number of hydrogen-bond donors (Lipinski definition) is 0. The van der Waals surface area contributed by atoms with Crippen LogP contribution in [0, 0.1) is 6.42 Å². The zero-order chi connectivity index (χ0) is 11.9. The van der Waals surface area contributed by atoms with E-state index >= 15 is 0 Å². The second kappa shape index (κ2) is 14.7. The highest BCUT2D eigenvalue weighted by Gasteiger charge is 1.92. The van der Waals surface area contributed by atoms with Gasteiger partial charge in [-0.3, -0.25) is 0 Å². The molecule has 0 N–H and O–H groups in total. The van der Waals surface area contributed by atoms with Crippen LogP contribution in [-0.2, 0) is 4.74 Å². The zero-order valence-corrected chi connectivity index (χ0v) is 11.0. The monoisotopic (exact) mass is 225 g/mol. The first kappa shape index (κ1) is 15.7. The topological polar surface area (TPSA) is 9.23 Å². The van der Waals surface area contributed by atoms with Crippen molar-refractivity contribution in [2.24, 2.45) is 0 Å². The van der Waals surface area contributed by atoms with E-state index in [0.717, 1.165) is 6.61 Å². The molecule has 0 unspecified atom stereocenters. The second-order valence-corrected chi connectivity index (χ2v) is 4.38. The van der Waals surface area contributed by atoms with Crippen molar-refractivity contribution in [3.63, 3.8) is 0 Å². The van der Waals surface area contributed by atoms with Crippen LogP contribution in [0.5, 0.6) is 0 Å². The van der Waals surface area contributed by atoms with Crippen LogP contribution in [0.4, 0.5) is 0 Å². The van der Waals surface area contributed by atoms with E-state index in [0.29, 0.717) is 6.61 Å². The van der Waals surface area contributed by atoms with Crippen molar-refractivity contribution < 1.29 is 4.74 Å². The van der Waals surface area contributed by atoms with E-state index in [1.165, 1.54) is 57.8 Å². The molecule has 1 heteroatoms. The summed E-state index contributed by atoms with van der Waals surface area (Å²) in [6, 6.07) is 0. The molecule has 0 aromatic carbocycles. The summed E-state index contributed by atoms with van der Waals surface area (Å²) in [6.07, 6.45) is 16.4. The average Bonchev–Trinajstić information content (AvgIpc) is 2.31. The van der Waals surface area contributed by atoms with Gasteiger partial charge in [-0.15, -0.1) is 6.58 Å². The van der Waals surface area contributed by atoms with E-state index in [2.05, 4.69) is 19.9 Å². The number of unbranched alkanes of at least 4 members (excludes halogenated alkanes) is 9. The van der Waals surface area contributed by atoms with E-state index in [4.69, 9.17) is 4.74 Å². The molecule has 0 heterocycles. The highest BCUT2D eigenvalue weighted by atomic mass is 16.5.